The fourth-order valence-electron chi connectivity index (χ4n) is 2.36. The van der Waals surface area contributed by atoms with Crippen LogP contribution in [0, 0.1) is 12.8 Å². The van der Waals surface area contributed by atoms with Crippen LogP contribution >= 0.6 is 0 Å². The molecule has 4 N–H and O–H groups in total. The average molecular weight is 286 g/mol. The van der Waals surface area contributed by atoms with E-state index in [1.54, 1.807) is 0 Å². The van der Waals surface area contributed by atoms with Crippen LogP contribution in [0.4, 0.5) is 11.5 Å². The minimum absolute atomic E-state index is 0.0752. The van der Waals surface area contributed by atoms with Gasteiger partial charge < -0.3 is 11.1 Å². The minimum Gasteiger partial charge on any atom is -0.394 e. The lowest BCUT2D eigenvalue weighted by molar-refractivity contribution is -0.118. The van der Waals surface area contributed by atoms with E-state index in [0.29, 0.717) is 11.5 Å². The van der Waals surface area contributed by atoms with Gasteiger partial charge in [0, 0.05) is 0 Å². The highest BCUT2D eigenvalue weighted by molar-refractivity contribution is 5.97. The smallest absolute Gasteiger partial charge is 0.233 e. The topological polar surface area (TPSA) is 83.8 Å². The van der Waals surface area contributed by atoms with Crippen molar-refractivity contribution in [2.24, 2.45) is 5.92 Å². The summed E-state index contributed by atoms with van der Waals surface area (Å²) < 4.78 is 0. The Hall–Kier alpha value is -2.30. The van der Waals surface area contributed by atoms with Crippen LogP contribution in [-0.2, 0) is 4.79 Å². The van der Waals surface area contributed by atoms with Crippen LogP contribution < -0.4 is 11.1 Å². The molecule has 0 saturated heterocycles. The molecule has 0 bridgehead atoms. The highest BCUT2D eigenvalue weighted by Crippen LogP contribution is 2.29. The molecule has 0 aliphatic carbocycles. The van der Waals surface area contributed by atoms with Gasteiger partial charge in [-0.2, -0.15) is 5.10 Å². The predicted molar refractivity (Wildman–Crippen MR) is 85.0 cm³/mol. The summed E-state index contributed by atoms with van der Waals surface area (Å²) in [4.78, 5) is 12.7. The number of amides is 1. The molecular weight excluding hydrogens is 264 g/mol. The molecule has 0 fully saturated rings. The minimum atomic E-state index is -0.215. The molecule has 2 atom stereocenters. The van der Waals surface area contributed by atoms with Gasteiger partial charge in [-0.25, -0.2) is 0 Å². The summed E-state index contributed by atoms with van der Waals surface area (Å²) >= 11 is 0. The van der Waals surface area contributed by atoms with Crippen LogP contribution in [0.2, 0.25) is 0 Å². The quantitative estimate of drug-likeness (QED) is 0.789. The lowest BCUT2D eigenvalue weighted by atomic mass is 9.85. The van der Waals surface area contributed by atoms with Crippen LogP contribution in [0.15, 0.2) is 30.3 Å². The van der Waals surface area contributed by atoms with Gasteiger partial charge in [-0.15, -0.1) is 0 Å². The van der Waals surface area contributed by atoms with Crippen molar-refractivity contribution in [3.63, 3.8) is 0 Å². The second kappa shape index (κ2) is 6.43. The van der Waals surface area contributed by atoms with Gasteiger partial charge in [-0.3, -0.25) is 9.89 Å². The van der Waals surface area contributed by atoms with Gasteiger partial charge in [-0.05, 0) is 18.4 Å². The first-order valence-electron chi connectivity index (χ1n) is 7.20. The predicted octanol–water partition coefficient (Wildman–Crippen LogP) is 3.07. The standard InChI is InChI=1S/C16H22N4O/c1-4-10(2)13(12-8-6-5-7-9-12)16(21)18-15-14(17)11(3)19-20-15/h5-10,13H,4,17H2,1-3H3,(H2,18,19,20,21). The maximum absolute atomic E-state index is 12.7. The number of nitrogen functional groups attached to an aromatic ring is 1. The second-order valence-electron chi connectivity index (χ2n) is 5.37. The van der Waals surface area contributed by atoms with E-state index in [9.17, 15) is 4.79 Å². The summed E-state index contributed by atoms with van der Waals surface area (Å²) in [5, 5.41) is 9.65. The molecule has 21 heavy (non-hydrogen) atoms. The fraction of sp³-hybridized carbons (Fsp3) is 0.375. The third kappa shape index (κ3) is 3.24. The Bertz CT molecular complexity index is 606. The molecule has 5 nitrogen and oxygen atoms in total. The number of carbonyl (C=O) groups excluding carboxylic acids is 1. The summed E-state index contributed by atoms with van der Waals surface area (Å²) in [6.07, 6.45) is 0.919. The first kappa shape index (κ1) is 15.1. The monoisotopic (exact) mass is 286 g/mol. The van der Waals surface area contributed by atoms with Gasteiger partial charge in [0.1, 0.15) is 0 Å². The molecule has 0 aliphatic heterocycles. The number of carbonyl (C=O) groups is 1. The van der Waals surface area contributed by atoms with E-state index in [2.05, 4.69) is 29.4 Å². The number of aromatic amines is 1. The summed E-state index contributed by atoms with van der Waals surface area (Å²) in [6.45, 7) is 5.98. The average Bonchev–Trinajstić information content (AvgIpc) is 2.80. The Kier molecular flexibility index (Phi) is 4.62. The first-order valence-corrected chi connectivity index (χ1v) is 7.20. The Labute approximate surface area is 124 Å². The van der Waals surface area contributed by atoms with Gasteiger partial charge in [0.05, 0.1) is 17.3 Å². The molecule has 2 aromatic rings. The van der Waals surface area contributed by atoms with Crippen LogP contribution in [0.5, 0.6) is 0 Å². The molecule has 2 rings (SSSR count). The van der Waals surface area contributed by atoms with Crippen LogP contribution in [0.1, 0.15) is 37.4 Å². The van der Waals surface area contributed by atoms with Crippen molar-refractivity contribution in [1.82, 2.24) is 10.2 Å². The fourth-order valence-corrected chi connectivity index (χ4v) is 2.36. The van der Waals surface area contributed by atoms with Crippen LogP contribution in [0.3, 0.4) is 0 Å². The van der Waals surface area contributed by atoms with E-state index in [0.717, 1.165) is 17.7 Å². The third-order valence-electron chi connectivity index (χ3n) is 3.89. The Morgan fingerprint density at radius 1 is 1.38 bits per heavy atom. The SMILES string of the molecule is CCC(C)C(C(=O)Nc1n[nH]c(C)c1N)c1ccccc1. The summed E-state index contributed by atoms with van der Waals surface area (Å²) in [5.41, 5.74) is 8.14. The highest BCUT2D eigenvalue weighted by Gasteiger charge is 2.26. The number of benzene rings is 1. The van der Waals surface area contributed by atoms with Gasteiger partial charge in [-0.1, -0.05) is 50.6 Å². The molecule has 0 saturated carbocycles. The van der Waals surface area contributed by atoms with Crippen molar-refractivity contribution < 1.29 is 4.79 Å². The molecule has 1 aromatic heterocycles. The van der Waals surface area contributed by atoms with E-state index >= 15 is 0 Å². The number of hydrogen-bond donors (Lipinski definition) is 3. The normalized spacial score (nSPS) is 13.7. The Morgan fingerprint density at radius 2 is 2.05 bits per heavy atom. The first-order chi connectivity index (χ1) is 10.0. The van der Waals surface area contributed by atoms with Crippen molar-refractivity contribution in [2.45, 2.75) is 33.1 Å². The van der Waals surface area contributed by atoms with Gasteiger partial charge in [0.2, 0.25) is 5.91 Å². The van der Waals surface area contributed by atoms with Gasteiger partial charge in [0.15, 0.2) is 5.82 Å². The molecule has 1 amide bonds. The Morgan fingerprint density at radius 3 is 2.57 bits per heavy atom. The zero-order chi connectivity index (χ0) is 15.4. The largest absolute Gasteiger partial charge is 0.394 e. The number of nitrogens with two attached hydrogens (primary N) is 1. The van der Waals surface area contributed by atoms with Gasteiger partial charge in [0.25, 0.3) is 0 Å². The van der Waals surface area contributed by atoms with Gasteiger partial charge >= 0.3 is 0 Å². The molecule has 0 radical (unpaired) electrons. The van der Waals surface area contributed by atoms with Crippen LogP contribution in [-0.4, -0.2) is 16.1 Å². The number of aryl methyl sites for hydroxylation is 1. The molecule has 1 aromatic carbocycles. The number of hydrogen-bond acceptors (Lipinski definition) is 3. The number of nitrogens with zero attached hydrogens (tertiary/aromatic N) is 1. The molecule has 1 heterocycles. The molecule has 2 unspecified atom stereocenters. The van der Waals surface area contributed by atoms with Crippen LogP contribution in [0.25, 0.3) is 0 Å². The zero-order valence-corrected chi connectivity index (χ0v) is 12.7. The second-order valence-corrected chi connectivity index (χ2v) is 5.37. The molecule has 0 spiro atoms. The summed E-state index contributed by atoms with van der Waals surface area (Å²) in [7, 11) is 0. The van der Waals surface area contributed by atoms with E-state index in [1.807, 2.05) is 37.3 Å². The molecule has 112 valence electrons. The zero-order valence-electron chi connectivity index (χ0n) is 12.7. The summed E-state index contributed by atoms with van der Waals surface area (Å²) in [5.74, 6) is 0.344. The lowest BCUT2D eigenvalue weighted by Gasteiger charge is -2.22. The maximum Gasteiger partial charge on any atom is 0.233 e. The van der Waals surface area contributed by atoms with E-state index in [4.69, 9.17) is 5.73 Å². The molecule has 5 heteroatoms. The molecular formula is C16H22N4O. The molecule has 0 aliphatic rings. The van der Waals surface area contributed by atoms with E-state index in [1.165, 1.54) is 0 Å². The number of rotatable bonds is 5. The van der Waals surface area contributed by atoms with Crippen molar-refractivity contribution in [2.75, 3.05) is 11.1 Å². The maximum atomic E-state index is 12.7. The van der Waals surface area contributed by atoms with Crippen molar-refractivity contribution in [3.05, 3.63) is 41.6 Å². The van der Waals surface area contributed by atoms with Crippen molar-refractivity contribution >= 4 is 17.4 Å². The van der Waals surface area contributed by atoms with Crippen molar-refractivity contribution in [1.29, 1.82) is 0 Å². The number of nitrogens with one attached hydrogen (secondary N) is 2. The Balaban J connectivity index is 2.25. The van der Waals surface area contributed by atoms with E-state index < -0.39 is 0 Å². The van der Waals surface area contributed by atoms with E-state index in [-0.39, 0.29) is 17.7 Å². The third-order valence-corrected chi connectivity index (χ3v) is 3.89. The number of aromatic nitrogens is 2. The number of anilines is 2. The van der Waals surface area contributed by atoms with Crippen molar-refractivity contribution in [3.8, 4) is 0 Å². The summed E-state index contributed by atoms with van der Waals surface area (Å²) in [6, 6.07) is 9.81. The lowest BCUT2D eigenvalue weighted by Crippen LogP contribution is -2.26. The number of H-pyrrole nitrogens is 1. The highest BCUT2D eigenvalue weighted by atomic mass is 16.2.